The van der Waals surface area contributed by atoms with Gasteiger partial charge in [0.25, 0.3) is 0 Å². The Morgan fingerprint density at radius 1 is 0.706 bits per heavy atom. The Bertz CT molecular complexity index is 1110. The third-order valence-corrected chi connectivity index (χ3v) is 6.87. The number of hydrogen-bond donors (Lipinski definition) is 1. The van der Waals surface area contributed by atoms with E-state index in [2.05, 4.69) is 53.8 Å². The first kappa shape index (κ1) is 22.1. The Morgan fingerprint density at radius 3 is 1.62 bits per heavy atom. The van der Waals surface area contributed by atoms with Crippen molar-refractivity contribution in [3.8, 4) is 0 Å². The molecule has 0 aliphatic carbocycles. The van der Waals surface area contributed by atoms with Crippen molar-refractivity contribution in [2.75, 3.05) is 13.1 Å². The van der Waals surface area contributed by atoms with Crippen molar-refractivity contribution in [1.82, 2.24) is 5.32 Å². The molecule has 0 radical (unpaired) electrons. The van der Waals surface area contributed by atoms with Crippen LogP contribution in [0, 0.1) is 0 Å². The van der Waals surface area contributed by atoms with Gasteiger partial charge in [0.2, 0.25) is 0 Å². The van der Waals surface area contributed by atoms with Crippen molar-refractivity contribution in [2.24, 2.45) is 0 Å². The standard InChI is InChI=1S/C31H29NO2/c33-30(29(24-13-5-1-6-14-24)25-15-7-2-8-16-25)34-28-21-22-32-23-31(28,26-17-9-3-10-18-26)27-19-11-4-12-20-27/h1-20,28-29,32H,21-23H2. The number of piperidine rings is 1. The lowest BCUT2D eigenvalue weighted by Gasteiger charge is -2.45. The predicted octanol–water partition coefficient (Wildman–Crippen LogP) is 5.71. The van der Waals surface area contributed by atoms with Crippen molar-refractivity contribution < 1.29 is 9.53 Å². The molecular weight excluding hydrogens is 418 g/mol. The largest absolute Gasteiger partial charge is 0.460 e. The molecule has 0 bridgehead atoms. The maximum atomic E-state index is 13.9. The first-order chi connectivity index (χ1) is 16.8. The van der Waals surface area contributed by atoms with Gasteiger partial charge in [-0.1, -0.05) is 121 Å². The van der Waals surface area contributed by atoms with Crippen LogP contribution in [0.4, 0.5) is 0 Å². The van der Waals surface area contributed by atoms with Crippen molar-refractivity contribution in [3.05, 3.63) is 144 Å². The smallest absolute Gasteiger partial charge is 0.318 e. The number of hydrogen-bond acceptors (Lipinski definition) is 3. The van der Waals surface area contributed by atoms with E-state index in [0.29, 0.717) is 6.54 Å². The summed E-state index contributed by atoms with van der Waals surface area (Å²) in [5.74, 6) is -0.679. The minimum atomic E-state index is -0.471. The number of carbonyl (C=O) groups excluding carboxylic acids is 1. The molecule has 0 spiro atoms. The summed E-state index contributed by atoms with van der Waals surface area (Å²) in [4.78, 5) is 13.9. The molecule has 1 fully saturated rings. The van der Waals surface area contributed by atoms with E-state index < -0.39 is 11.3 Å². The van der Waals surface area contributed by atoms with E-state index in [1.807, 2.05) is 72.8 Å². The van der Waals surface area contributed by atoms with E-state index in [1.54, 1.807) is 0 Å². The minimum absolute atomic E-state index is 0.208. The van der Waals surface area contributed by atoms with E-state index in [1.165, 1.54) is 0 Å². The van der Waals surface area contributed by atoms with Crippen LogP contribution in [0.25, 0.3) is 0 Å². The molecule has 3 heteroatoms. The van der Waals surface area contributed by atoms with Gasteiger partial charge in [-0.2, -0.15) is 0 Å². The minimum Gasteiger partial charge on any atom is -0.460 e. The Labute approximate surface area is 201 Å². The molecule has 0 amide bonds. The monoisotopic (exact) mass is 447 g/mol. The van der Waals surface area contributed by atoms with Crippen molar-refractivity contribution in [1.29, 1.82) is 0 Å². The zero-order chi connectivity index (χ0) is 23.2. The van der Waals surface area contributed by atoms with E-state index in [0.717, 1.165) is 35.2 Å². The van der Waals surface area contributed by atoms with Gasteiger partial charge < -0.3 is 10.1 Å². The summed E-state index contributed by atoms with van der Waals surface area (Å²) in [5, 5.41) is 3.58. The maximum absolute atomic E-state index is 13.9. The van der Waals surface area contributed by atoms with Crippen LogP contribution in [0.1, 0.15) is 34.6 Å². The molecule has 1 aliphatic rings. The van der Waals surface area contributed by atoms with Crippen LogP contribution < -0.4 is 5.32 Å². The highest BCUT2D eigenvalue weighted by Crippen LogP contribution is 2.41. The molecule has 34 heavy (non-hydrogen) atoms. The van der Waals surface area contributed by atoms with Crippen molar-refractivity contribution in [2.45, 2.75) is 23.9 Å². The molecule has 3 nitrogen and oxygen atoms in total. The van der Waals surface area contributed by atoms with Crippen LogP contribution in [0.2, 0.25) is 0 Å². The third-order valence-electron chi connectivity index (χ3n) is 6.87. The molecule has 4 aromatic rings. The molecule has 1 N–H and O–H groups in total. The molecule has 1 aliphatic heterocycles. The average molecular weight is 448 g/mol. The molecule has 1 unspecified atom stereocenters. The first-order valence-corrected chi connectivity index (χ1v) is 11.9. The van der Waals surface area contributed by atoms with Crippen LogP contribution in [-0.2, 0) is 14.9 Å². The lowest BCUT2D eigenvalue weighted by molar-refractivity contribution is -0.154. The summed E-state index contributed by atoms with van der Waals surface area (Å²) < 4.78 is 6.51. The van der Waals surface area contributed by atoms with Gasteiger partial charge in [0.05, 0.1) is 5.41 Å². The Hall–Kier alpha value is -3.69. The third kappa shape index (κ3) is 4.27. The summed E-state index contributed by atoms with van der Waals surface area (Å²) in [6.45, 7) is 1.51. The predicted molar refractivity (Wildman–Crippen MR) is 136 cm³/mol. The van der Waals surface area contributed by atoms with Crippen LogP contribution in [0.3, 0.4) is 0 Å². The highest BCUT2D eigenvalue weighted by molar-refractivity contribution is 5.82. The highest BCUT2D eigenvalue weighted by Gasteiger charge is 2.46. The van der Waals surface area contributed by atoms with E-state index in [-0.39, 0.29) is 12.1 Å². The van der Waals surface area contributed by atoms with E-state index in [4.69, 9.17) is 4.74 Å². The summed E-state index contributed by atoms with van der Waals surface area (Å²) in [6.07, 6.45) is 0.451. The SMILES string of the molecule is O=C(OC1CCNCC1(c1ccccc1)c1ccccc1)C(c1ccccc1)c1ccccc1. The maximum Gasteiger partial charge on any atom is 0.318 e. The zero-order valence-electron chi connectivity index (χ0n) is 19.1. The topological polar surface area (TPSA) is 38.3 Å². The molecule has 170 valence electrons. The van der Waals surface area contributed by atoms with Gasteiger partial charge in [-0.15, -0.1) is 0 Å². The number of ether oxygens (including phenoxy) is 1. The number of esters is 1. The van der Waals surface area contributed by atoms with Crippen molar-refractivity contribution in [3.63, 3.8) is 0 Å². The second-order valence-electron chi connectivity index (χ2n) is 8.85. The average Bonchev–Trinajstić information content (AvgIpc) is 2.91. The highest BCUT2D eigenvalue weighted by atomic mass is 16.5. The first-order valence-electron chi connectivity index (χ1n) is 11.9. The molecule has 1 saturated heterocycles. The summed E-state index contributed by atoms with van der Waals surface area (Å²) in [7, 11) is 0. The van der Waals surface area contributed by atoms with Gasteiger partial charge in [-0.25, -0.2) is 0 Å². The Kier molecular flexibility index (Phi) is 6.55. The second-order valence-corrected chi connectivity index (χ2v) is 8.85. The lowest BCUT2D eigenvalue weighted by Crippen LogP contribution is -2.55. The zero-order valence-corrected chi connectivity index (χ0v) is 19.1. The van der Waals surface area contributed by atoms with Gasteiger partial charge in [0, 0.05) is 6.54 Å². The number of carbonyl (C=O) groups is 1. The molecule has 1 atom stereocenters. The van der Waals surface area contributed by atoms with Gasteiger partial charge >= 0.3 is 5.97 Å². The normalized spacial score (nSPS) is 17.3. The molecular formula is C31H29NO2. The summed E-state index contributed by atoms with van der Waals surface area (Å²) in [6, 6.07) is 40.7. The van der Waals surface area contributed by atoms with Crippen LogP contribution >= 0.6 is 0 Å². The van der Waals surface area contributed by atoms with Gasteiger partial charge in [0.1, 0.15) is 12.0 Å². The fourth-order valence-corrected chi connectivity index (χ4v) is 5.22. The second kappa shape index (κ2) is 10.1. The molecule has 4 aromatic carbocycles. The fraction of sp³-hybridized carbons (Fsp3) is 0.194. The molecule has 5 rings (SSSR count). The lowest BCUT2D eigenvalue weighted by atomic mass is 9.67. The molecule has 0 aromatic heterocycles. The van der Waals surface area contributed by atoms with Crippen LogP contribution in [0.5, 0.6) is 0 Å². The van der Waals surface area contributed by atoms with E-state index >= 15 is 0 Å². The fourth-order valence-electron chi connectivity index (χ4n) is 5.22. The number of rotatable bonds is 6. The van der Waals surface area contributed by atoms with Crippen LogP contribution in [-0.4, -0.2) is 25.2 Å². The van der Waals surface area contributed by atoms with Crippen LogP contribution in [0.15, 0.2) is 121 Å². The quantitative estimate of drug-likeness (QED) is 0.385. The number of nitrogens with one attached hydrogen (secondary N) is 1. The Morgan fingerprint density at radius 2 is 1.15 bits per heavy atom. The molecule has 0 saturated carbocycles. The summed E-state index contributed by atoms with van der Waals surface area (Å²) in [5.41, 5.74) is 3.73. The van der Waals surface area contributed by atoms with Gasteiger partial charge in [-0.3, -0.25) is 4.79 Å². The van der Waals surface area contributed by atoms with E-state index in [9.17, 15) is 4.79 Å². The van der Waals surface area contributed by atoms with Gasteiger partial charge in [-0.05, 0) is 35.2 Å². The Balaban J connectivity index is 1.56. The number of benzene rings is 4. The summed E-state index contributed by atoms with van der Waals surface area (Å²) >= 11 is 0. The van der Waals surface area contributed by atoms with Gasteiger partial charge in [0.15, 0.2) is 0 Å². The van der Waals surface area contributed by atoms with Crippen molar-refractivity contribution >= 4 is 5.97 Å². The molecule has 1 heterocycles.